The molecule has 5 heteroatoms. The van der Waals surface area contributed by atoms with E-state index in [4.69, 9.17) is 4.74 Å². The highest BCUT2D eigenvalue weighted by atomic mass is 35.5. The van der Waals surface area contributed by atoms with E-state index in [9.17, 15) is 4.79 Å². The summed E-state index contributed by atoms with van der Waals surface area (Å²) in [6, 6.07) is 0. The molecule has 1 rings (SSSR count). The highest BCUT2D eigenvalue weighted by Gasteiger charge is 2.19. The zero-order chi connectivity index (χ0) is 8.27. The van der Waals surface area contributed by atoms with Crippen LogP contribution < -0.4 is 5.32 Å². The van der Waals surface area contributed by atoms with Gasteiger partial charge in [-0.25, -0.2) is 4.79 Å². The SMILES string of the molecule is CN(C)C(=O)OC1CCNC1.Cl. The Labute approximate surface area is 78.7 Å². The Morgan fingerprint density at radius 2 is 2.25 bits per heavy atom. The maximum Gasteiger partial charge on any atom is 0.409 e. The number of nitrogens with one attached hydrogen (secondary N) is 1. The lowest BCUT2D eigenvalue weighted by Crippen LogP contribution is -2.29. The van der Waals surface area contributed by atoms with Crippen LogP contribution in [0.3, 0.4) is 0 Å². The van der Waals surface area contributed by atoms with Gasteiger partial charge in [-0.05, 0) is 13.0 Å². The third kappa shape index (κ3) is 3.28. The summed E-state index contributed by atoms with van der Waals surface area (Å²) in [5.74, 6) is 0. The van der Waals surface area contributed by atoms with E-state index >= 15 is 0 Å². The third-order valence-electron chi connectivity index (χ3n) is 1.65. The number of hydrogen-bond donors (Lipinski definition) is 1. The van der Waals surface area contributed by atoms with Crippen LogP contribution >= 0.6 is 12.4 Å². The predicted molar refractivity (Wildman–Crippen MR) is 48.7 cm³/mol. The van der Waals surface area contributed by atoms with Crippen LogP contribution in [0.2, 0.25) is 0 Å². The van der Waals surface area contributed by atoms with Crippen molar-refractivity contribution < 1.29 is 9.53 Å². The van der Waals surface area contributed by atoms with Crippen LogP contribution in [0.5, 0.6) is 0 Å². The van der Waals surface area contributed by atoms with Gasteiger partial charge in [-0.15, -0.1) is 12.4 Å². The van der Waals surface area contributed by atoms with Gasteiger partial charge in [0.2, 0.25) is 0 Å². The van der Waals surface area contributed by atoms with Gasteiger partial charge in [-0.2, -0.15) is 0 Å². The molecule has 1 amide bonds. The second-order valence-electron chi connectivity index (χ2n) is 2.89. The molecule has 0 aromatic rings. The van der Waals surface area contributed by atoms with Crippen molar-refractivity contribution in [3.63, 3.8) is 0 Å². The molecule has 0 aliphatic carbocycles. The molecule has 0 bridgehead atoms. The summed E-state index contributed by atoms with van der Waals surface area (Å²) < 4.78 is 5.10. The average Bonchev–Trinajstić information content (AvgIpc) is 2.39. The minimum Gasteiger partial charge on any atom is -0.445 e. The molecule has 1 aliphatic rings. The molecule has 1 saturated heterocycles. The van der Waals surface area contributed by atoms with Crippen LogP contribution in [0.25, 0.3) is 0 Å². The van der Waals surface area contributed by atoms with E-state index in [1.54, 1.807) is 14.1 Å². The van der Waals surface area contributed by atoms with Crippen molar-refractivity contribution in [2.24, 2.45) is 0 Å². The summed E-state index contributed by atoms with van der Waals surface area (Å²) in [6.07, 6.45) is 0.753. The van der Waals surface area contributed by atoms with Gasteiger partial charge in [0.1, 0.15) is 6.10 Å². The van der Waals surface area contributed by atoms with Crippen LogP contribution in [-0.4, -0.2) is 44.3 Å². The summed E-state index contributed by atoms with van der Waals surface area (Å²) in [6.45, 7) is 1.74. The van der Waals surface area contributed by atoms with Crippen molar-refractivity contribution in [2.75, 3.05) is 27.2 Å². The second-order valence-corrected chi connectivity index (χ2v) is 2.89. The van der Waals surface area contributed by atoms with Crippen molar-refractivity contribution in [3.8, 4) is 0 Å². The smallest absolute Gasteiger partial charge is 0.409 e. The van der Waals surface area contributed by atoms with Crippen LogP contribution in [0, 0.1) is 0 Å². The van der Waals surface area contributed by atoms with Crippen molar-refractivity contribution in [2.45, 2.75) is 12.5 Å². The lowest BCUT2D eigenvalue weighted by atomic mass is 10.3. The Morgan fingerprint density at radius 1 is 1.58 bits per heavy atom. The van der Waals surface area contributed by atoms with E-state index in [-0.39, 0.29) is 24.6 Å². The predicted octanol–water partition coefficient (Wildman–Crippen LogP) is 0.468. The van der Waals surface area contributed by atoms with E-state index in [0.717, 1.165) is 19.5 Å². The molecule has 0 aromatic heterocycles. The molecule has 0 spiro atoms. The topological polar surface area (TPSA) is 41.6 Å². The summed E-state index contributed by atoms with van der Waals surface area (Å²) in [5, 5.41) is 3.12. The zero-order valence-electron chi connectivity index (χ0n) is 7.37. The number of hydrogen-bond acceptors (Lipinski definition) is 3. The number of carbonyl (C=O) groups is 1. The molecule has 1 fully saturated rings. The lowest BCUT2D eigenvalue weighted by Gasteiger charge is -2.14. The Hall–Kier alpha value is -0.480. The number of halogens is 1. The van der Waals surface area contributed by atoms with Gasteiger partial charge in [0, 0.05) is 20.6 Å². The standard InChI is InChI=1S/C7H14N2O2.ClH/c1-9(2)7(10)11-6-3-4-8-5-6;/h6,8H,3-5H2,1-2H3;1H. The number of nitrogens with zero attached hydrogens (tertiary/aromatic N) is 1. The summed E-state index contributed by atoms with van der Waals surface area (Å²) in [4.78, 5) is 12.4. The Morgan fingerprint density at radius 3 is 2.67 bits per heavy atom. The lowest BCUT2D eigenvalue weighted by molar-refractivity contribution is 0.0832. The van der Waals surface area contributed by atoms with Gasteiger partial charge in [0.15, 0.2) is 0 Å². The van der Waals surface area contributed by atoms with Gasteiger partial charge in [0.05, 0.1) is 0 Å². The normalized spacial score (nSPS) is 21.3. The molecule has 4 nitrogen and oxygen atoms in total. The largest absolute Gasteiger partial charge is 0.445 e. The molecular weight excluding hydrogens is 180 g/mol. The van der Waals surface area contributed by atoms with Crippen molar-refractivity contribution >= 4 is 18.5 Å². The Kier molecular flexibility index (Phi) is 5.01. The van der Waals surface area contributed by atoms with Gasteiger partial charge >= 0.3 is 6.09 Å². The van der Waals surface area contributed by atoms with Gasteiger partial charge in [0.25, 0.3) is 0 Å². The number of rotatable bonds is 1. The van der Waals surface area contributed by atoms with Crippen LogP contribution in [-0.2, 0) is 4.74 Å². The van der Waals surface area contributed by atoms with Gasteiger partial charge in [-0.1, -0.05) is 0 Å². The number of amides is 1. The highest BCUT2D eigenvalue weighted by molar-refractivity contribution is 5.85. The Bertz CT molecular complexity index is 146. The summed E-state index contributed by atoms with van der Waals surface area (Å²) >= 11 is 0. The summed E-state index contributed by atoms with van der Waals surface area (Å²) in [5.41, 5.74) is 0. The highest BCUT2D eigenvalue weighted by Crippen LogP contribution is 2.04. The first-order valence-corrected chi connectivity index (χ1v) is 3.79. The first kappa shape index (κ1) is 11.5. The molecule has 1 aliphatic heterocycles. The quantitative estimate of drug-likeness (QED) is 0.660. The van der Waals surface area contributed by atoms with E-state index in [0.29, 0.717) is 0 Å². The fraction of sp³-hybridized carbons (Fsp3) is 0.857. The Balaban J connectivity index is 0.00000121. The molecule has 0 aromatic carbocycles. The van der Waals surface area contributed by atoms with Gasteiger partial charge in [-0.3, -0.25) is 0 Å². The molecular formula is C7H15ClN2O2. The van der Waals surface area contributed by atoms with Crippen molar-refractivity contribution in [3.05, 3.63) is 0 Å². The average molecular weight is 195 g/mol. The summed E-state index contributed by atoms with van der Waals surface area (Å²) in [7, 11) is 3.37. The van der Waals surface area contributed by atoms with Crippen molar-refractivity contribution in [1.82, 2.24) is 10.2 Å². The van der Waals surface area contributed by atoms with Gasteiger partial charge < -0.3 is 15.0 Å². The fourth-order valence-electron chi connectivity index (χ4n) is 0.977. The molecule has 1 N–H and O–H groups in total. The first-order chi connectivity index (χ1) is 5.20. The molecule has 12 heavy (non-hydrogen) atoms. The van der Waals surface area contributed by atoms with E-state index in [2.05, 4.69) is 5.32 Å². The number of ether oxygens (including phenoxy) is 1. The first-order valence-electron chi connectivity index (χ1n) is 3.79. The maximum absolute atomic E-state index is 11.0. The van der Waals surface area contributed by atoms with Crippen LogP contribution in [0.15, 0.2) is 0 Å². The van der Waals surface area contributed by atoms with Crippen LogP contribution in [0.4, 0.5) is 4.79 Å². The third-order valence-corrected chi connectivity index (χ3v) is 1.65. The monoisotopic (exact) mass is 194 g/mol. The van der Waals surface area contributed by atoms with Crippen molar-refractivity contribution in [1.29, 1.82) is 0 Å². The van der Waals surface area contributed by atoms with E-state index in [1.807, 2.05) is 0 Å². The molecule has 1 heterocycles. The van der Waals surface area contributed by atoms with E-state index < -0.39 is 0 Å². The maximum atomic E-state index is 11.0. The van der Waals surface area contributed by atoms with E-state index in [1.165, 1.54) is 4.90 Å². The molecule has 0 saturated carbocycles. The zero-order valence-corrected chi connectivity index (χ0v) is 8.19. The number of carbonyl (C=O) groups excluding carboxylic acids is 1. The molecule has 0 radical (unpaired) electrons. The molecule has 72 valence electrons. The minimum absolute atomic E-state index is 0. The minimum atomic E-state index is -0.251. The van der Waals surface area contributed by atoms with Crippen LogP contribution in [0.1, 0.15) is 6.42 Å². The molecule has 1 unspecified atom stereocenters. The fourth-order valence-corrected chi connectivity index (χ4v) is 0.977. The second kappa shape index (κ2) is 5.22. The molecule has 1 atom stereocenters.